The highest BCUT2D eigenvalue weighted by Crippen LogP contribution is 2.47. The number of amides is 2. The molecule has 0 N–H and O–H groups in total. The van der Waals surface area contributed by atoms with Crippen molar-refractivity contribution in [2.45, 2.75) is 19.8 Å². The lowest BCUT2D eigenvalue weighted by Crippen LogP contribution is -2.54. The molecule has 2 amide bonds. The van der Waals surface area contributed by atoms with Crippen LogP contribution in [0.15, 0.2) is 0 Å². The zero-order valence-corrected chi connectivity index (χ0v) is 11.1. The van der Waals surface area contributed by atoms with Crippen molar-refractivity contribution < 1.29 is 9.59 Å². The Morgan fingerprint density at radius 3 is 2.25 bits per heavy atom. The van der Waals surface area contributed by atoms with E-state index in [0.717, 1.165) is 24.7 Å². The average Bonchev–Trinajstić information content (AvgIpc) is 3.03. The van der Waals surface area contributed by atoms with Crippen molar-refractivity contribution in [3.63, 3.8) is 0 Å². The van der Waals surface area contributed by atoms with E-state index >= 15 is 0 Å². The molecule has 1 aliphatic heterocycles. The molecule has 1 saturated carbocycles. The van der Waals surface area contributed by atoms with Gasteiger partial charge in [-0.15, -0.1) is 0 Å². The Morgan fingerprint density at radius 2 is 1.75 bits per heavy atom. The number of rotatable bonds is 4. The molecule has 16 heavy (non-hydrogen) atoms. The Labute approximate surface area is 104 Å². The minimum Gasteiger partial charge on any atom is -0.332 e. The Kier molecular flexibility index (Phi) is 3.24. The van der Waals surface area contributed by atoms with Gasteiger partial charge in [-0.05, 0) is 25.2 Å². The number of carbonyl (C=O) groups excluding carboxylic acids is 2. The predicted octanol–water partition coefficient (Wildman–Crippen LogP) is 0.852. The van der Waals surface area contributed by atoms with Crippen molar-refractivity contribution in [1.82, 2.24) is 9.80 Å². The van der Waals surface area contributed by atoms with Crippen LogP contribution >= 0.6 is 15.9 Å². The molecule has 0 aromatic heterocycles. The highest BCUT2D eigenvalue weighted by atomic mass is 79.9. The second-order valence-corrected chi connectivity index (χ2v) is 5.35. The van der Waals surface area contributed by atoms with Gasteiger partial charge in [0.15, 0.2) is 0 Å². The minimum atomic E-state index is 0.0764. The number of carbonyl (C=O) groups is 2. The first-order valence-electron chi connectivity index (χ1n) is 5.72. The molecule has 0 unspecified atom stereocenters. The number of hydrogen-bond acceptors (Lipinski definition) is 2. The molecule has 2 rings (SSSR count). The Morgan fingerprint density at radius 1 is 1.19 bits per heavy atom. The number of halogens is 1. The van der Waals surface area contributed by atoms with Crippen molar-refractivity contribution >= 4 is 27.7 Å². The molecule has 1 heterocycles. The second kappa shape index (κ2) is 4.35. The summed E-state index contributed by atoms with van der Waals surface area (Å²) in [7, 11) is 0. The summed E-state index contributed by atoms with van der Waals surface area (Å²) in [5.41, 5.74) is 0.254. The third-order valence-corrected chi connectivity index (χ3v) is 4.70. The van der Waals surface area contributed by atoms with E-state index in [1.165, 1.54) is 0 Å². The zero-order valence-electron chi connectivity index (χ0n) is 9.54. The molecule has 0 aromatic carbocycles. The summed E-state index contributed by atoms with van der Waals surface area (Å²) in [6.07, 6.45) is 2.32. The van der Waals surface area contributed by atoms with Crippen LogP contribution < -0.4 is 0 Å². The summed E-state index contributed by atoms with van der Waals surface area (Å²) in [5, 5.41) is 0.926. The second-order valence-electron chi connectivity index (χ2n) is 4.79. The molecular weight excluding hydrogens is 272 g/mol. The molecule has 0 spiro atoms. The lowest BCUT2D eigenvalue weighted by Gasteiger charge is -2.35. The van der Waals surface area contributed by atoms with Crippen molar-refractivity contribution in [2.75, 3.05) is 31.5 Å². The first kappa shape index (κ1) is 11.9. The minimum absolute atomic E-state index is 0.0764. The Bertz CT molecular complexity index is 315. The summed E-state index contributed by atoms with van der Waals surface area (Å²) in [4.78, 5) is 26.9. The lowest BCUT2D eigenvalue weighted by atomic mass is 10.1. The Hall–Kier alpha value is -0.580. The van der Waals surface area contributed by atoms with E-state index in [0.29, 0.717) is 6.54 Å². The fourth-order valence-corrected chi connectivity index (χ4v) is 2.79. The van der Waals surface area contributed by atoms with Crippen LogP contribution in [0.5, 0.6) is 0 Å². The van der Waals surface area contributed by atoms with E-state index < -0.39 is 0 Å². The molecular formula is C11H17BrN2O2. The third-order valence-electron chi connectivity index (χ3n) is 3.51. The van der Waals surface area contributed by atoms with Crippen molar-refractivity contribution in [2.24, 2.45) is 5.41 Å². The van der Waals surface area contributed by atoms with Crippen molar-refractivity contribution in [1.29, 1.82) is 0 Å². The van der Waals surface area contributed by atoms with E-state index in [4.69, 9.17) is 0 Å². The SMILES string of the molecule is CCN1CC(=O)N(CC2(CBr)CC2)CC1=O. The monoisotopic (exact) mass is 288 g/mol. The lowest BCUT2D eigenvalue weighted by molar-refractivity contribution is -0.150. The number of nitrogens with zero attached hydrogens (tertiary/aromatic N) is 2. The number of hydrogen-bond donors (Lipinski definition) is 0. The maximum atomic E-state index is 11.8. The van der Waals surface area contributed by atoms with E-state index in [1.54, 1.807) is 9.80 Å². The standard InChI is InChI=1S/C11H17BrN2O2/c1-2-13-5-10(16)14(6-9(13)15)8-11(7-12)3-4-11/h2-8H2,1H3. The molecule has 2 fully saturated rings. The van der Waals surface area contributed by atoms with E-state index in [-0.39, 0.29) is 30.3 Å². The molecule has 0 radical (unpaired) electrons. The van der Waals surface area contributed by atoms with Gasteiger partial charge in [-0.1, -0.05) is 15.9 Å². The number of likely N-dealkylation sites (N-methyl/N-ethyl adjacent to an activating group) is 1. The van der Waals surface area contributed by atoms with Crippen LogP contribution in [0.2, 0.25) is 0 Å². The van der Waals surface area contributed by atoms with E-state index in [2.05, 4.69) is 15.9 Å². The maximum Gasteiger partial charge on any atom is 0.242 e. The van der Waals surface area contributed by atoms with Gasteiger partial charge in [0.1, 0.15) is 0 Å². The van der Waals surface area contributed by atoms with Crippen LogP contribution in [-0.2, 0) is 9.59 Å². The van der Waals surface area contributed by atoms with Crippen LogP contribution in [0.1, 0.15) is 19.8 Å². The van der Waals surface area contributed by atoms with Gasteiger partial charge in [-0.3, -0.25) is 9.59 Å². The quantitative estimate of drug-likeness (QED) is 0.720. The van der Waals surface area contributed by atoms with Gasteiger partial charge in [0.05, 0.1) is 13.1 Å². The van der Waals surface area contributed by atoms with Crippen LogP contribution in [0.3, 0.4) is 0 Å². The summed E-state index contributed by atoms with van der Waals surface area (Å²) in [6.45, 7) is 3.79. The first-order valence-corrected chi connectivity index (χ1v) is 6.84. The van der Waals surface area contributed by atoms with Crippen molar-refractivity contribution in [3.05, 3.63) is 0 Å². The Balaban J connectivity index is 1.96. The molecule has 5 heteroatoms. The summed E-state index contributed by atoms with van der Waals surface area (Å²) >= 11 is 3.49. The topological polar surface area (TPSA) is 40.6 Å². The first-order chi connectivity index (χ1) is 7.60. The van der Waals surface area contributed by atoms with Gasteiger partial charge in [0.25, 0.3) is 0 Å². The van der Waals surface area contributed by atoms with Crippen LogP contribution in [0, 0.1) is 5.41 Å². The van der Waals surface area contributed by atoms with Crippen molar-refractivity contribution in [3.8, 4) is 0 Å². The average molecular weight is 289 g/mol. The van der Waals surface area contributed by atoms with E-state index in [1.807, 2.05) is 6.92 Å². The van der Waals surface area contributed by atoms with Gasteiger partial charge in [-0.25, -0.2) is 0 Å². The molecule has 4 nitrogen and oxygen atoms in total. The maximum absolute atomic E-state index is 11.8. The van der Waals surface area contributed by atoms with E-state index in [9.17, 15) is 9.59 Å². The zero-order chi connectivity index (χ0) is 11.8. The van der Waals surface area contributed by atoms with Crippen LogP contribution in [-0.4, -0.2) is 53.1 Å². The fraction of sp³-hybridized carbons (Fsp3) is 0.818. The highest BCUT2D eigenvalue weighted by Gasteiger charge is 2.45. The van der Waals surface area contributed by atoms with Gasteiger partial charge in [-0.2, -0.15) is 0 Å². The number of piperazine rings is 1. The molecule has 90 valence electrons. The largest absolute Gasteiger partial charge is 0.332 e. The smallest absolute Gasteiger partial charge is 0.242 e. The molecule has 0 aromatic rings. The number of alkyl halides is 1. The summed E-state index contributed by atoms with van der Waals surface area (Å²) in [6, 6.07) is 0. The molecule has 1 saturated heterocycles. The third kappa shape index (κ3) is 2.24. The highest BCUT2D eigenvalue weighted by molar-refractivity contribution is 9.09. The molecule has 0 atom stereocenters. The van der Waals surface area contributed by atoms with Crippen LogP contribution in [0.4, 0.5) is 0 Å². The normalized spacial score (nSPS) is 23.9. The summed E-state index contributed by atoms with van der Waals surface area (Å²) < 4.78 is 0. The fourth-order valence-electron chi connectivity index (χ4n) is 2.05. The van der Waals surface area contributed by atoms with Gasteiger partial charge < -0.3 is 9.80 Å². The predicted molar refractivity (Wildman–Crippen MR) is 64.3 cm³/mol. The van der Waals surface area contributed by atoms with Gasteiger partial charge in [0, 0.05) is 18.4 Å². The molecule has 2 aliphatic rings. The van der Waals surface area contributed by atoms with Gasteiger partial charge in [0.2, 0.25) is 11.8 Å². The van der Waals surface area contributed by atoms with Crippen LogP contribution in [0.25, 0.3) is 0 Å². The molecule has 1 aliphatic carbocycles. The summed E-state index contributed by atoms with van der Waals surface area (Å²) in [5.74, 6) is 0.168. The molecule has 0 bridgehead atoms. The van der Waals surface area contributed by atoms with Gasteiger partial charge >= 0.3 is 0 Å².